The second kappa shape index (κ2) is 10.8. The van der Waals surface area contributed by atoms with Gasteiger partial charge in [-0.3, -0.25) is 4.99 Å². The largest absolute Gasteiger partial charge is 0.573 e. The number of nitrogens with one attached hydrogen (secondary N) is 2. The first kappa shape index (κ1) is 21.1. The maximum Gasteiger partial charge on any atom is 0.573 e. The maximum absolute atomic E-state index is 12.2. The van der Waals surface area contributed by atoms with E-state index in [1.54, 1.807) is 12.1 Å². The van der Waals surface area contributed by atoms with E-state index in [2.05, 4.69) is 27.3 Å². The highest BCUT2D eigenvalue weighted by Crippen LogP contribution is 2.23. The van der Waals surface area contributed by atoms with E-state index in [4.69, 9.17) is 0 Å². The fraction of sp³-hybridized carbons (Fsp3) is 0.588. The normalized spacial score (nSPS) is 13.4. The molecule has 0 aromatic heterocycles. The number of halogens is 3. The van der Waals surface area contributed by atoms with Crippen LogP contribution in [0.3, 0.4) is 0 Å². The minimum absolute atomic E-state index is 0.0581. The molecule has 1 aromatic carbocycles. The number of aliphatic hydroxyl groups excluding tert-OH is 1. The molecule has 5 nitrogen and oxygen atoms in total. The van der Waals surface area contributed by atoms with E-state index < -0.39 is 6.36 Å². The molecule has 0 spiro atoms. The molecule has 25 heavy (non-hydrogen) atoms. The molecule has 3 N–H and O–H groups in total. The Labute approximate surface area is 146 Å². The molecular formula is C17H26F3N3O2. The quantitative estimate of drug-likeness (QED) is 0.467. The van der Waals surface area contributed by atoms with Crippen LogP contribution >= 0.6 is 0 Å². The highest BCUT2D eigenvalue weighted by atomic mass is 19.4. The lowest BCUT2D eigenvalue weighted by atomic mass is 10.0. The number of alkyl halides is 3. The first-order chi connectivity index (χ1) is 11.9. The van der Waals surface area contributed by atoms with Gasteiger partial charge < -0.3 is 20.5 Å². The molecular weight excluding hydrogens is 335 g/mol. The summed E-state index contributed by atoms with van der Waals surface area (Å²) in [5, 5.41) is 15.8. The van der Waals surface area contributed by atoms with Crippen LogP contribution in [0.25, 0.3) is 0 Å². The van der Waals surface area contributed by atoms with Gasteiger partial charge in [0.05, 0.1) is 0 Å². The molecule has 0 bridgehead atoms. The molecule has 0 radical (unpaired) electrons. The summed E-state index contributed by atoms with van der Waals surface area (Å²) in [5.74, 6) is 0.316. The zero-order chi connectivity index (χ0) is 18.7. The third-order valence-electron chi connectivity index (χ3n) is 3.33. The fourth-order valence-electron chi connectivity index (χ4n) is 2.15. The Morgan fingerprint density at radius 3 is 2.40 bits per heavy atom. The van der Waals surface area contributed by atoms with Gasteiger partial charge >= 0.3 is 6.36 Å². The van der Waals surface area contributed by atoms with Gasteiger partial charge in [-0.1, -0.05) is 19.1 Å². The van der Waals surface area contributed by atoms with Crippen molar-refractivity contribution < 1.29 is 23.0 Å². The third kappa shape index (κ3) is 9.19. The highest BCUT2D eigenvalue weighted by Gasteiger charge is 2.30. The van der Waals surface area contributed by atoms with Gasteiger partial charge in [0.2, 0.25) is 0 Å². The minimum atomic E-state index is -4.70. The van der Waals surface area contributed by atoms with Crippen molar-refractivity contribution >= 4 is 5.96 Å². The first-order valence-corrected chi connectivity index (χ1v) is 8.35. The van der Waals surface area contributed by atoms with Crippen LogP contribution in [0.15, 0.2) is 29.3 Å². The van der Waals surface area contributed by atoms with Crippen molar-refractivity contribution in [2.45, 2.75) is 33.1 Å². The molecule has 0 saturated carbocycles. The molecule has 1 rings (SSSR count). The number of aliphatic hydroxyl groups is 1. The molecule has 1 atom stereocenters. The van der Waals surface area contributed by atoms with E-state index in [-0.39, 0.29) is 18.3 Å². The lowest BCUT2D eigenvalue weighted by molar-refractivity contribution is -0.274. The van der Waals surface area contributed by atoms with Gasteiger partial charge in [-0.05, 0) is 37.5 Å². The second-order valence-corrected chi connectivity index (χ2v) is 5.59. The molecule has 0 aliphatic carbocycles. The van der Waals surface area contributed by atoms with Gasteiger partial charge in [-0.2, -0.15) is 0 Å². The Bertz CT molecular complexity index is 519. The van der Waals surface area contributed by atoms with E-state index in [1.807, 2.05) is 6.92 Å². The van der Waals surface area contributed by atoms with Gasteiger partial charge in [0, 0.05) is 32.2 Å². The molecule has 0 aliphatic heterocycles. The number of aliphatic imine (C=N–C) groups is 1. The summed E-state index contributed by atoms with van der Waals surface area (Å²) in [6.45, 7) is 5.92. The Morgan fingerprint density at radius 2 is 1.88 bits per heavy atom. The predicted octanol–water partition coefficient (Wildman–Crippen LogP) is 2.70. The van der Waals surface area contributed by atoms with Gasteiger partial charge in [0.25, 0.3) is 0 Å². The minimum Gasteiger partial charge on any atom is -0.406 e. The molecule has 0 aliphatic rings. The average Bonchev–Trinajstić information content (AvgIpc) is 2.56. The van der Waals surface area contributed by atoms with Crippen LogP contribution < -0.4 is 15.4 Å². The molecule has 0 fully saturated rings. The summed E-state index contributed by atoms with van der Waals surface area (Å²) < 4.78 is 40.3. The van der Waals surface area contributed by atoms with Gasteiger partial charge in [0.15, 0.2) is 5.96 Å². The summed E-state index contributed by atoms with van der Waals surface area (Å²) in [6.07, 6.45) is -3.21. The molecule has 0 saturated heterocycles. The number of rotatable bonds is 9. The Balaban J connectivity index is 2.62. The predicted molar refractivity (Wildman–Crippen MR) is 91.7 cm³/mol. The van der Waals surface area contributed by atoms with Crippen LogP contribution in [0.4, 0.5) is 13.2 Å². The van der Waals surface area contributed by atoms with Crippen LogP contribution in [-0.4, -0.2) is 43.7 Å². The van der Waals surface area contributed by atoms with Crippen molar-refractivity contribution in [3.05, 3.63) is 29.8 Å². The van der Waals surface area contributed by atoms with Crippen LogP contribution in [0, 0.1) is 5.92 Å². The third-order valence-corrected chi connectivity index (χ3v) is 3.33. The van der Waals surface area contributed by atoms with Crippen molar-refractivity contribution in [2.75, 3.05) is 26.2 Å². The van der Waals surface area contributed by atoms with Crippen LogP contribution in [-0.2, 0) is 6.42 Å². The number of ether oxygens (including phenoxy) is 1. The van der Waals surface area contributed by atoms with E-state index in [1.165, 1.54) is 12.1 Å². The summed E-state index contributed by atoms with van der Waals surface area (Å²) in [6, 6.07) is 5.67. The Morgan fingerprint density at radius 1 is 1.20 bits per heavy atom. The van der Waals surface area contributed by atoms with Crippen LogP contribution in [0.5, 0.6) is 5.75 Å². The van der Waals surface area contributed by atoms with Crippen molar-refractivity contribution in [1.29, 1.82) is 0 Å². The maximum atomic E-state index is 12.2. The molecule has 142 valence electrons. The van der Waals surface area contributed by atoms with Crippen LogP contribution in [0.1, 0.15) is 25.8 Å². The van der Waals surface area contributed by atoms with Gasteiger partial charge in [0.1, 0.15) is 5.75 Å². The van der Waals surface area contributed by atoms with Crippen molar-refractivity contribution in [3.8, 4) is 5.75 Å². The number of benzene rings is 1. The number of hydrogen-bond acceptors (Lipinski definition) is 3. The zero-order valence-electron chi connectivity index (χ0n) is 14.6. The lowest BCUT2D eigenvalue weighted by Crippen LogP contribution is -2.38. The zero-order valence-corrected chi connectivity index (χ0v) is 14.6. The standard InChI is InChI=1S/C17H26F3N3O2/c1-3-9-22-16(21-4-2)23-11-14(12-24)10-13-5-7-15(8-6-13)25-17(18,19)20/h5-8,14,24H,3-4,9-12H2,1-2H3,(H2,21,22,23). The lowest BCUT2D eigenvalue weighted by Gasteiger charge is -2.15. The monoisotopic (exact) mass is 361 g/mol. The van der Waals surface area contributed by atoms with E-state index in [0.29, 0.717) is 18.9 Å². The first-order valence-electron chi connectivity index (χ1n) is 8.35. The van der Waals surface area contributed by atoms with Crippen molar-refractivity contribution in [2.24, 2.45) is 10.9 Å². The van der Waals surface area contributed by atoms with Crippen LogP contribution in [0.2, 0.25) is 0 Å². The summed E-state index contributed by atoms with van der Waals surface area (Å²) in [7, 11) is 0. The van der Waals surface area contributed by atoms with Gasteiger partial charge in [-0.15, -0.1) is 13.2 Å². The second-order valence-electron chi connectivity index (χ2n) is 5.59. The van der Waals surface area contributed by atoms with Crippen molar-refractivity contribution in [3.63, 3.8) is 0 Å². The average molecular weight is 361 g/mol. The molecule has 0 heterocycles. The fourth-order valence-corrected chi connectivity index (χ4v) is 2.15. The molecule has 1 aromatic rings. The Kier molecular flexibility index (Phi) is 9.12. The van der Waals surface area contributed by atoms with Crippen molar-refractivity contribution in [1.82, 2.24) is 10.6 Å². The van der Waals surface area contributed by atoms with Gasteiger partial charge in [-0.25, -0.2) is 0 Å². The number of guanidine groups is 1. The number of hydrogen-bond donors (Lipinski definition) is 3. The summed E-state index contributed by atoms with van der Waals surface area (Å²) in [5.41, 5.74) is 0.815. The Hall–Kier alpha value is -1.96. The number of nitrogens with zero attached hydrogens (tertiary/aromatic N) is 1. The van der Waals surface area contributed by atoms with E-state index in [9.17, 15) is 18.3 Å². The summed E-state index contributed by atoms with van der Waals surface area (Å²) in [4.78, 5) is 4.45. The van der Waals surface area contributed by atoms with E-state index in [0.717, 1.165) is 25.1 Å². The topological polar surface area (TPSA) is 65.9 Å². The highest BCUT2D eigenvalue weighted by molar-refractivity contribution is 5.79. The molecule has 0 amide bonds. The smallest absolute Gasteiger partial charge is 0.406 e. The molecule has 8 heteroatoms. The van der Waals surface area contributed by atoms with E-state index >= 15 is 0 Å². The SMILES string of the molecule is CCCNC(=NCC(CO)Cc1ccc(OC(F)(F)F)cc1)NCC. The summed E-state index contributed by atoms with van der Waals surface area (Å²) >= 11 is 0. The molecule has 1 unspecified atom stereocenters.